The number of hydrogen-bond acceptors (Lipinski definition) is 5. The second-order valence-corrected chi connectivity index (χ2v) is 6.35. The summed E-state index contributed by atoms with van der Waals surface area (Å²) in [5.41, 5.74) is 2.75. The Bertz CT molecular complexity index is 1000. The van der Waals surface area contributed by atoms with Crippen molar-refractivity contribution in [3.63, 3.8) is 0 Å². The molecule has 2 aromatic carbocycles. The molecule has 7 heteroatoms. The third-order valence-corrected chi connectivity index (χ3v) is 4.10. The smallest absolute Gasteiger partial charge is 0.255 e. The Morgan fingerprint density at radius 2 is 1.69 bits per heavy atom. The zero-order chi connectivity index (χ0) is 20.6. The molecule has 0 atom stereocenters. The van der Waals surface area contributed by atoms with Gasteiger partial charge < -0.3 is 20.7 Å². The zero-order valence-corrected chi connectivity index (χ0v) is 16.2. The van der Waals surface area contributed by atoms with Crippen LogP contribution in [0.25, 0.3) is 0 Å². The number of nitrogens with one attached hydrogen (secondary N) is 3. The Labute approximate surface area is 169 Å². The summed E-state index contributed by atoms with van der Waals surface area (Å²) in [6.45, 7) is 2.00. The van der Waals surface area contributed by atoms with Crippen LogP contribution in [0.4, 0.5) is 17.2 Å². The molecule has 0 radical (unpaired) electrons. The highest BCUT2D eigenvalue weighted by atomic mass is 16.5. The van der Waals surface area contributed by atoms with Gasteiger partial charge in [0.2, 0.25) is 5.91 Å². The predicted octanol–water partition coefficient (Wildman–Crippen LogP) is 3.91. The van der Waals surface area contributed by atoms with Gasteiger partial charge in [-0.1, -0.05) is 18.2 Å². The van der Waals surface area contributed by atoms with E-state index in [1.54, 1.807) is 49.7 Å². The number of rotatable bonds is 7. The molecule has 0 aliphatic heterocycles. The van der Waals surface area contributed by atoms with E-state index in [0.29, 0.717) is 29.3 Å². The van der Waals surface area contributed by atoms with Crippen molar-refractivity contribution in [2.24, 2.45) is 0 Å². The van der Waals surface area contributed by atoms with E-state index in [2.05, 4.69) is 20.9 Å². The molecule has 1 heterocycles. The molecule has 1 aromatic heterocycles. The average Bonchev–Trinajstić information content (AvgIpc) is 2.72. The first kappa shape index (κ1) is 19.9. The minimum Gasteiger partial charge on any atom is -0.497 e. The Morgan fingerprint density at radius 1 is 0.966 bits per heavy atom. The van der Waals surface area contributed by atoms with Crippen molar-refractivity contribution >= 4 is 29.0 Å². The highest BCUT2D eigenvalue weighted by Crippen LogP contribution is 2.17. The van der Waals surface area contributed by atoms with Crippen LogP contribution in [0.2, 0.25) is 0 Å². The molecular formula is C22H22N4O3. The first-order valence-corrected chi connectivity index (χ1v) is 9.05. The van der Waals surface area contributed by atoms with E-state index < -0.39 is 0 Å². The highest BCUT2D eigenvalue weighted by Gasteiger charge is 2.08. The van der Waals surface area contributed by atoms with Gasteiger partial charge in [-0.25, -0.2) is 4.98 Å². The van der Waals surface area contributed by atoms with Crippen molar-refractivity contribution in [1.29, 1.82) is 0 Å². The van der Waals surface area contributed by atoms with Crippen LogP contribution in [-0.2, 0) is 11.3 Å². The topological polar surface area (TPSA) is 92.4 Å². The maximum atomic E-state index is 12.6. The lowest BCUT2D eigenvalue weighted by molar-refractivity contribution is -0.114. The van der Waals surface area contributed by atoms with E-state index in [-0.39, 0.29) is 11.8 Å². The van der Waals surface area contributed by atoms with Crippen molar-refractivity contribution in [2.45, 2.75) is 13.5 Å². The third-order valence-electron chi connectivity index (χ3n) is 4.10. The Hall–Kier alpha value is -3.87. The summed E-state index contributed by atoms with van der Waals surface area (Å²) in [5, 5.41) is 8.72. The molecule has 2 amide bonds. The molecule has 0 saturated heterocycles. The third kappa shape index (κ3) is 5.80. The molecule has 0 unspecified atom stereocenters. The largest absolute Gasteiger partial charge is 0.497 e. The Kier molecular flexibility index (Phi) is 6.42. The number of hydrogen-bond donors (Lipinski definition) is 3. The van der Waals surface area contributed by atoms with Gasteiger partial charge in [-0.2, -0.15) is 0 Å². The lowest BCUT2D eigenvalue weighted by Gasteiger charge is -2.10. The quantitative estimate of drug-likeness (QED) is 0.569. The van der Waals surface area contributed by atoms with Gasteiger partial charge in [0.15, 0.2) is 0 Å². The summed E-state index contributed by atoms with van der Waals surface area (Å²) in [5.74, 6) is 0.962. The molecule has 0 bridgehead atoms. The molecule has 3 N–H and O–H groups in total. The molecule has 0 aliphatic rings. The molecule has 3 aromatic rings. The number of aromatic nitrogens is 1. The van der Waals surface area contributed by atoms with Crippen LogP contribution in [0.5, 0.6) is 5.75 Å². The van der Waals surface area contributed by atoms with Crippen LogP contribution in [0, 0.1) is 0 Å². The van der Waals surface area contributed by atoms with Gasteiger partial charge in [-0.3, -0.25) is 9.59 Å². The molecule has 7 nitrogen and oxygen atoms in total. The molecule has 148 valence electrons. The summed E-state index contributed by atoms with van der Waals surface area (Å²) in [6, 6.07) is 18.0. The fourth-order valence-electron chi connectivity index (χ4n) is 2.69. The maximum Gasteiger partial charge on any atom is 0.255 e. The van der Waals surface area contributed by atoms with Crippen molar-refractivity contribution < 1.29 is 14.3 Å². The minimum absolute atomic E-state index is 0.171. The lowest BCUT2D eigenvalue weighted by atomic mass is 10.2. The standard InChI is InChI=1S/C22H22N4O3/c1-15(27)25-18-4-3-5-19(13-18)26-22(28)17-10-11-23-21(12-17)24-14-16-6-8-20(29-2)9-7-16/h3-13H,14H2,1-2H3,(H,23,24)(H,25,27)(H,26,28). The van der Waals surface area contributed by atoms with Gasteiger partial charge in [0.25, 0.3) is 5.91 Å². The number of methoxy groups -OCH3 is 1. The summed E-state index contributed by atoms with van der Waals surface area (Å²) >= 11 is 0. The second kappa shape index (κ2) is 9.36. The first-order chi connectivity index (χ1) is 14.0. The van der Waals surface area contributed by atoms with E-state index in [1.165, 1.54) is 6.92 Å². The van der Waals surface area contributed by atoms with Crippen LogP contribution in [0.1, 0.15) is 22.8 Å². The van der Waals surface area contributed by atoms with Gasteiger partial charge in [-0.05, 0) is 48.0 Å². The van der Waals surface area contributed by atoms with Gasteiger partial charge >= 0.3 is 0 Å². The minimum atomic E-state index is -0.264. The van der Waals surface area contributed by atoms with Crippen molar-refractivity contribution in [2.75, 3.05) is 23.1 Å². The van der Waals surface area contributed by atoms with E-state index in [0.717, 1.165) is 11.3 Å². The first-order valence-electron chi connectivity index (χ1n) is 9.05. The van der Waals surface area contributed by atoms with Crippen LogP contribution in [-0.4, -0.2) is 23.9 Å². The van der Waals surface area contributed by atoms with Crippen LogP contribution in [0.15, 0.2) is 66.9 Å². The predicted molar refractivity (Wildman–Crippen MR) is 113 cm³/mol. The number of carbonyl (C=O) groups is 2. The Balaban J connectivity index is 1.63. The van der Waals surface area contributed by atoms with Gasteiger partial charge in [0, 0.05) is 36.6 Å². The van der Waals surface area contributed by atoms with E-state index in [9.17, 15) is 9.59 Å². The van der Waals surface area contributed by atoms with Crippen molar-refractivity contribution in [3.8, 4) is 5.75 Å². The number of pyridine rings is 1. The average molecular weight is 390 g/mol. The van der Waals surface area contributed by atoms with Gasteiger partial charge in [0.1, 0.15) is 11.6 Å². The summed E-state index contributed by atoms with van der Waals surface area (Å²) in [7, 11) is 1.63. The molecule has 29 heavy (non-hydrogen) atoms. The monoisotopic (exact) mass is 390 g/mol. The SMILES string of the molecule is COc1ccc(CNc2cc(C(=O)Nc3cccc(NC(C)=O)c3)ccn2)cc1. The van der Waals surface area contributed by atoms with Crippen LogP contribution >= 0.6 is 0 Å². The number of carbonyl (C=O) groups excluding carboxylic acids is 2. The fourth-order valence-corrected chi connectivity index (χ4v) is 2.69. The van der Waals surface area contributed by atoms with Gasteiger partial charge in [-0.15, -0.1) is 0 Å². The second-order valence-electron chi connectivity index (χ2n) is 6.35. The molecule has 0 fully saturated rings. The number of benzene rings is 2. The molecule has 0 spiro atoms. The summed E-state index contributed by atoms with van der Waals surface area (Å²) < 4.78 is 5.15. The maximum absolute atomic E-state index is 12.6. The lowest BCUT2D eigenvalue weighted by Crippen LogP contribution is -2.13. The molecule has 3 rings (SSSR count). The summed E-state index contributed by atoms with van der Waals surface area (Å²) in [4.78, 5) is 28.0. The molecular weight excluding hydrogens is 368 g/mol. The summed E-state index contributed by atoms with van der Waals surface area (Å²) in [6.07, 6.45) is 1.58. The number of ether oxygens (including phenoxy) is 1. The Morgan fingerprint density at radius 3 is 2.38 bits per heavy atom. The van der Waals surface area contributed by atoms with Crippen LogP contribution in [0.3, 0.4) is 0 Å². The number of amides is 2. The number of nitrogens with zero attached hydrogens (tertiary/aromatic N) is 1. The fraction of sp³-hybridized carbons (Fsp3) is 0.136. The highest BCUT2D eigenvalue weighted by molar-refractivity contribution is 6.05. The van der Waals surface area contributed by atoms with E-state index in [4.69, 9.17) is 4.74 Å². The van der Waals surface area contributed by atoms with E-state index >= 15 is 0 Å². The van der Waals surface area contributed by atoms with Crippen LogP contribution < -0.4 is 20.7 Å². The number of anilines is 3. The normalized spacial score (nSPS) is 10.1. The van der Waals surface area contributed by atoms with Crippen molar-refractivity contribution in [3.05, 3.63) is 78.0 Å². The zero-order valence-electron chi connectivity index (χ0n) is 16.2. The van der Waals surface area contributed by atoms with Gasteiger partial charge in [0.05, 0.1) is 7.11 Å². The molecule has 0 aliphatic carbocycles. The molecule has 0 saturated carbocycles. The van der Waals surface area contributed by atoms with E-state index in [1.807, 2.05) is 24.3 Å². The van der Waals surface area contributed by atoms with Crippen molar-refractivity contribution in [1.82, 2.24) is 4.98 Å².